The molecule has 0 heterocycles. The number of anilines is 2. The van der Waals surface area contributed by atoms with Crippen molar-refractivity contribution in [3.8, 4) is 5.75 Å². The van der Waals surface area contributed by atoms with Gasteiger partial charge >= 0.3 is 0 Å². The molecule has 0 aliphatic carbocycles. The molecule has 3 aromatic rings. The first-order valence-electron chi connectivity index (χ1n) is 9.28. The SMILES string of the molecule is CC[C@H](Oc1ccccc1)C(=O)Nc1ccc(S(=O)(=O)Nc2ccc(Cl)cc2)cc1. The maximum atomic E-state index is 12.5. The van der Waals surface area contributed by atoms with Gasteiger partial charge in [0.05, 0.1) is 4.90 Å². The molecule has 0 saturated heterocycles. The minimum atomic E-state index is -3.76. The van der Waals surface area contributed by atoms with E-state index in [-0.39, 0.29) is 10.8 Å². The quantitative estimate of drug-likeness (QED) is 0.515. The van der Waals surface area contributed by atoms with Gasteiger partial charge in [-0.25, -0.2) is 8.42 Å². The van der Waals surface area contributed by atoms with Gasteiger partial charge in [-0.2, -0.15) is 0 Å². The molecule has 0 aromatic heterocycles. The first kappa shape index (κ1) is 21.7. The highest BCUT2D eigenvalue weighted by Crippen LogP contribution is 2.20. The Morgan fingerprint density at radius 2 is 1.53 bits per heavy atom. The molecule has 1 atom stereocenters. The van der Waals surface area contributed by atoms with Gasteiger partial charge in [-0.3, -0.25) is 9.52 Å². The molecular formula is C22H21ClN2O4S. The summed E-state index contributed by atoms with van der Waals surface area (Å²) in [5.74, 6) is 0.297. The van der Waals surface area contributed by atoms with E-state index < -0.39 is 16.1 Å². The first-order valence-corrected chi connectivity index (χ1v) is 11.1. The number of para-hydroxylation sites is 1. The van der Waals surface area contributed by atoms with Crippen LogP contribution in [0.3, 0.4) is 0 Å². The molecule has 30 heavy (non-hydrogen) atoms. The van der Waals surface area contributed by atoms with Crippen LogP contribution in [0.5, 0.6) is 5.75 Å². The van der Waals surface area contributed by atoms with Gasteiger partial charge in [0.1, 0.15) is 5.75 Å². The van der Waals surface area contributed by atoms with E-state index in [4.69, 9.17) is 16.3 Å². The molecule has 8 heteroatoms. The number of benzene rings is 3. The minimum absolute atomic E-state index is 0.0722. The number of hydrogen-bond donors (Lipinski definition) is 2. The molecule has 1 amide bonds. The van der Waals surface area contributed by atoms with E-state index >= 15 is 0 Å². The van der Waals surface area contributed by atoms with E-state index in [1.165, 1.54) is 24.3 Å². The summed E-state index contributed by atoms with van der Waals surface area (Å²) >= 11 is 5.82. The Bertz CT molecular complexity index is 1090. The molecular weight excluding hydrogens is 424 g/mol. The summed E-state index contributed by atoms with van der Waals surface area (Å²) in [6.45, 7) is 1.85. The molecule has 0 aliphatic heterocycles. The number of nitrogens with one attached hydrogen (secondary N) is 2. The highest BCUT2D eigenvalue weighted by molar-refractivity contribution is 7.92. The lowest BCUT2D eigenvalue weighted by atomic mass is 10.2. The van der Waals surface area contributed by atoms with Gasteiger partial charge in [0.2, 0.25) is 0 Å². The third kappa shape index (κ3) is 5.75. The van der Waals surface area contributed by atoms with Crippen molar-refractivity contribution >= 4 is 38.9 Å². The zero-order valence-electron chi connectivity index (χ0n) is 16.2. The normalized spacial score (nSPS) is 12.1. The van der Waals surface area contributed by atoms with Gasteiger partial charge in [-0.1, -0.05) is 36.7 Å². The molecule has 3 rings (SSSR count). The summed E-state index contributed by atoms with van der Waals surface area (Å²) in [4.78, 5) is 12.6. The van der Waals surface area contributed by atoms with Crippen molar-refractivity contribution in [3.63, 3.8) is 0 Å². The second kappa shape index (κ2) is 9.65. The van der Waals surface area contributed by atoms with Crippen LogP contribution in [-0.4, -0.2) is 20.4 Å². The maximum absolute atomic E-state index is 12.5. The number of ether oxygens (including phenoxy) is 1. The zero-order chi connectivity index (χ0) is 21.6. The van der Waals surface area contributed by atoms with Crippen LogP contribution < -0.4 is 14.8 Å². The summed E-state index contributed by atoms with van der Waals surface area (Å²) in [6, 6.07) is 21.3. The molecule has 0 saturated carbocycles. The van der Waals surface area contributed by atoms with E-state index in [0.717, 1.165) is 0 Å². The summed E-state index contributed by atoms with van der Waals surface area (Å²) in [7, 11) is -3.76. The van der Waals surface area contributed by atoms with Crippen LogP contribution >= 0.6 is 11.6 Å². The van der Waals surface area contributed by atoms with E-state index in [2.05, 4.69) is 10.0 Å². The van der Waals surface area contributed by atoms with E-state index in [1.807, 2.05) is 25.1 Å². The molecule has 3 aromatic carbocycles. The van der Waals surface area contributed by atoms with Gasteiger partial charge < -0.3 is 10.1 Å². The van der Waals surface area contributed by atoms with Gasteiger partial charge in [-0.15, -0.1) is 0 Å². The van der Waals surface area contributed by atoms with E-state index in [0.29, 0.717) is 28.6 Å². The number of carbonyl (C=O) groups excluding carboxylic acids is 1. The Hall–Kier alpha value is -3.03. The predicted molar refractivity (Wildman–Crippen MR) is 118 cm³/mol. The summed E-state index contributed by atoms with van der Waals surface area (Å²) in [6.07, 6.45) is -0.180. The molecule has 6 nitrogen and oxygen atoms in total. The molecule has 2 N–H and O–H groups in total. The maximum Gasteiger partial charge on any atom is 0.265 e. The number of carbonyl (C=O) groups is 1. The smallest absolute Gasteiger partial charge is 0.265 e. The Morgan fingerprint density at radius 3 is 2.13 bits per heavy atom. The lowest BCUT2D eigenvalue weighted by Gasteiger charge is -2.17. The molecule has 156 valence electrons. The first-order chi connectivity index (χ1) is 14.4. The predicted octanol–water partition coefficient (Wildman–Crippen LogP) is 4.94. The van der Waals surface area contributed by atoms with Crippen molar-refractivity contribution in [2.75, 3.05) is 10.0 Å². The molecule has 0 radical (unpaired) electrons. The number of halogens is 1. The zero-order valence-corrected chi connectivity index (χ0v) is 17.8. The van der Waals surface area contributed by atoms with Crippen molar-refractivity contribution in [1.29, 1.82) is 0 Å². The van der Waals surface area contributed by atoms with Crippen molar-refractivity contribution in [3.05, 3.63) is 83.9 Å². The lowest BCUT2D eigenvalue weighted by Crippen LogP contribution is -2.32. The Kier molecular flexibility index (Phi) is 6.97. The average molecular weight is 445 g/mol. The van der Waals surface area contributed by atoms with Gasteiger partial charge in [0.25, 0.3) is 15.9 Å². The molecule has 0 spiro atoms. The summed E-state index contributed by atoms with van der Waals surface area (Å²) in [5, 5.41) is 3.27. The monoisotopic (exact) mass is 444 g/mol. The van der Waals surface area contributed by atoms with Crippen LogP contribution in [0.1, 0.15) is 13.3 Å². The topological polar surface area (TPSA) is 84.5 Å². The molecule has 0 aliphatic rings. The largest absolute Gasteiger partial charge is 0.481 e. The van der Waals surface area contributed by atoms with Crippen LogP contribution in [0.15, 0.2) is 83.8 Å². The minimum Gasteiger partial charge on any atom is -0.481 e. The number of hydrogen-bond acceptors (Lipinski definition) is 4. The van der Waals surface area contributed by atoms with Crippen molar-refractivity contribution in [2.24, 2.45) is 0 Å². The fraction of sp³-hybridized carbons (Fsp3) is 0.136. The molecule has 0 bridgehead atoms. The van der Waals surface area contributed by atoms with Crippen LogP contribution in [0.25, 0.3) is 0 Å². The number of sulfonamides is 1. The van der Waals surface area contributed by atoms with Crippen molar-refractivity contribution < 1.29 is 17.9 Å². The van der Waals surface area contributed by atoms with Crippen LogP contribution in [0.2, 0.25) is 5.02 Å². The van der Waals surface area contributed by atoms with Gasteiger partial charge in [-0.05, 0) is 67.1 Å². The summed E-state index contributed by atoms with van der Waals surface area (Å²) < 4.78 is 33.3. The third-order valence-corrected chi connectivity index (χ3v) is 5.86. The second-order valence-electron chi connectivity index (χ2n) is 6.45. The van der Waals surface area contributed by atoms with E-state index in [9.17, 15) is 13.2 Å². The Labute approximate surface area is 180 Å². The van der Waals surface area contributed by atoms with Crippen molar-refractivity contribution in [2.45, 2.75) is 24.3 Å². The highest BCUT2D eigenvalue weighted by atomic mass is 35.5. The molecule has 0 fully saturated rings. The average Bonchev–Trinajstić information content (AvgIpc) is 2.74. The van der Waals surface area contributed by atoms with Gasteiger partial charge in [0, 0.05) is 16.4 Å². The number of rotatable bonds is 8. The Balaban J connectivity index is 1.65. The standard InChI is InChI=1S/C22H21ClN2O4S/c1-2-21(29-19-6-4-3-5-7-19)22(26)24-17-12-14-20(15-13-17)30(27,28)25-18-10-8-16(23)9-11-18/h3-15,21,25H,2H2,1H3,(H,24,26)/t21-/m0/s1. The van der Waals surface area contributed by atoms with Crippen LogP contribution in [0, 0.1) is 0 Å². The fourth-order valence-electron chi connectivity index (χ4n) is 2.66. The fourth-order valence-corrected chi connectivity index (χ4v) is 3.84. The molecule has 0 unspecified atom stereocenters. The van der Waals surface area contributed by atoms with Crippen LogP contribution in [0.4, 0.5) is 11.4 Å². The lowest BCUT2D eigenvalue weighted by molar-refractivity contribution is -0.122. The van der Waals surface area contributed by atoms with Gasteiger partial charge in [0.15, 0.2) is 6.10 Å². The number of amides is 1. The van der Waals surface area contributed by atoms with E-state index in [1.54, 1.807) is 36.4 Å². The summed E-state index contributed by atoms with van der Waals surface area (Å²) in [5.41, 5.74) is 0.876. The highest BCUT2D eigenvalue weighted by Gasteiger charge is 2.19. The van der Waals surface area contributed by atoms with Crippen molar-refractivity contribution in [1.82, 2.24) is 0 Å². The third-order valence-electron chi connectivity index (χ3n) is 4.21. The second-order valence-corrected chi connectivity index (χ2v) is 8.57. The Morgan fingerprint density at radius 1 is 0.933 bits per heavy atom. The van der Waals surface area contributed by atoms with Crippen LogP contribution in [-0.2, 0) is 14.8 Å².